The van der Waals surface area contributed by atoms with Gasteiger partial charge in [0.15, 0.2) is 0 Å². The molecule has 0 aliphatic carbocycles. The second-order valence-corrected chi connectivity index (χ2v) is 8.34. The Kier molecular flexibility index (Phi) is 4.70. The first-order valence-corrected chi connectivity index (χ1v) is 9.21. The fourth-order valence-corrected chi connectivity index (χ4v) is 2.81. The van der Waals surface area contributed by atoms with Crippen molar-refractivity contribution in [2.24, 2.45) is 0 Å². The van der Waals surface area contributed by atoms with Crippen LogP contribution in [-0.4, -0.2) is 31.0 Å². The SMILES string of the molecule is CCS(=O)(=O)Nc1ccc(-c2cc(NC)n(C(C)(C)C)n2)cc1. The molecule has 0 saturated carbocycles. The van der Waals surface area contributed by atoms with Crippen molar-refractivity contribution >= 4 is 21.5 Å². The van der Waals surface area contributed by atoms with E-state index in [1.807, 2.05) is 29.9 Å². The van der Waals surface area contributed by atoms with Crippen molar-refractivity contribution in [1.82, 2.24) is 9.78 Å². The largest absolute Gasteiger partial charge is 0.373 e. The Bertz CT molecular complexity index is 771. The molecule has 2 aromatic rings. The van der Waals surface area contributed by atoms with Gasteiger partial charge in [-0.2, -0.15) is 5.10 Å². The Morgan fingerprint density at radius 3 is 2.22 bits per heavy atom. The maximum Gasteiger partial charge on any atom is 0.232 e. The quantitative estimate of drug-likeness (QED) is 0.879. The summed E-state index contributed by atoms with van der Waals surface area (Å²) in [5.74, 6) is 0.985. The minimum absolute atomic E-state index is 0.0519. The van der Waals surface area contributed by atoms with Gasteiger partial charge in [0.1, 0.15) is 5.82 Å². The molecule has 0 saturated heterocycles. The summed E-state index contributed by atoms with van der Waals surface area (Å²) in [6.45, 7) is 7.88. The van der Waals surface area contributed by atoms with Crippen LogP contribution in [0.5, 0.6) is 0 Å². The summed E-state index contributed by atoms with van der Waals surface area (Å²) >= 11 is 0. The van der Waals surface area contributed by atoms with Crippen molar-refractivity contribution in [3.05, 3.63) is 30.3 Å². The van der Waals surface area contributed by atoms with Crippen LogP contribution < -0.4 is 10.0 Å². The Labute approximate surface area is 138 Å². The highest BCUT2D eigenvalue weighted by Gasteiger charge is 2.19. The fourth-order valence-electron chi connectivity index (χ4n) is 2.17. The third-order valence-corrected chi connectivity index (χ3v) is 4.74. The van der Waals surface area contributed by atoms with E-state index >= 15 is 0 Å². The summed E-state index contributed by atoms with van der Waals surface area (Å²) < 4.78 is 27.6. The Balaban J connectivity index is 2.32. The summed E-state index contributed by atoms with van der Waals surface area (Å²) in [5, 5.41) is 7.81. The monoisotopic (exact) mass is 336 g/mol. The van der Waals surface area contributed by atoms with Crippen LogP contribution in [0.1, 0.15) is 27.7 Å². The van der Waals surface area contributed by atoms with E-state index in [2.05, 4.69) is 35.9 Å². The molecule has 126 valence electrons. The molecule has 23 heavy (non-hydrogen) atoms. The van der Waals surface area contributed by atoms with Gasteiger partial charge in [-0.15, -0.1) is 0 Å². The molecule has 2 N–H and O–H groups in total. The molecule has 0 fully saturated rings. The molecule has 1 aromatic heterocycles. The van der Waals surface area contributed by atoms with Gasteiger partial charge in [0, 0.05) is 24.4 Å². The number of nitrogens with zero attached hydrogens (tertiary/aromatic N) is 2. The van der Waals surface area contributed by atoms with E-state index in [1.54, 1.807) is 19.1 Å². The van der Waals surface area contributed by atoms with E-state index in [-0.39, 0.29) is 11.3 Å². The minimum atomic E-state index is -3.26. The molecular weight excluding hydrogens is 312 g/mol. The standard InChI is InChI=1S/C16H24N4O2S/c1-6-23(21,22)19-13-9-7-12(8-10-13)14-11-15(17-5)20(18-14)16(2,3)4/h7-11,17,19H,6H2,1-5H3. The van der Waals surface area contributed by atoms with Crippen molar-refractivity contribution in [2.75, 3.05) is 22.8 Å². The number of benzene rings is 1. The molecule has 0 atom stereocenters. The highest BCUT2D eigenvalue weighted by atomic mass is 32.2. The van der Waals surface area contributed by atoms with Gasteiger partial charge < -0.3 is 5.32 Å². The smallest absolute Gasteiger partial charge is 0.232 e. The van der Waals surface area contributed by atoms with Crippen LogP contribution in [0.4, 0.5) is 11.5 Å². The summed E-state index contributed by atoms with van der Waals surface area (Å²) in [4.78, 5) is 0. The van der Waals surface area contributed by atoms with Gasteiger partial charge in [0.25, 0.3) is 0 Å². The Morgan fingerprint density at radius 1 is 1.17 bits per heavy atom. The van der Waals surface area contributed by atoms with Gasteiger partial charge in [-0.3, -0.25) is 4.72 Å². The lowest BCUT2D eigenvalue weighted by Crippen LogP contribution is -2.24. The zero-order valence-electron chi connectivity index (χ0n) is 14.2. The average Bonchev–Trinajstić information content (AvgIpc) is 2.92. The molecule has 2 rings (SSSR count). The second kappa shape index (κ2) is 6.23. The zero-order valence-corrected chi connectivity index (χ0v) is 15.0. The minimum Gasteiger partial charge on any atom is -0.373 e. The summed E-state index contributed by atoms with van der Waals surface area (Å²) in [6, 6.07) is 9.20. The van der Waals surface area contributed by atoms with Gasteiger partial charge in [-0.05, 0) is 39.8 Å². The highest BCUT2D eigenvalue weighted by Crippen LogP contribution is 2.27. The second-order valence-electron chi connectivity index (χ2n) is 6.33. The van der Waals surface area contributed by atoms with Crippen molar-refractivity contribution in [3.63, 3.8) is 0 Å². The normalized spacial score (nSPS) is 12.2. The zero-order chi connectivity index (χ0) is 17.3. The van der Waals surface area contributed by atoms with Crippen LogP contribution in [0.25, 0.3) is 11.3 Å². The summed E-state index contributed by atoms with van der Waals surface area (Å²) in [5.41, 5.74) is 2.20. The first-order chi connectivity index (χ1) is 10.7. The van der Waals surface area contributed by atoms with Crippen LogP contribution in [0, 0.1) is 0 Å². The van der Waals surface area contributed by atoms with E-state index in [0.29, 0.717) is 5.69 Å². The van der Waals surface area contributed by atoms with E-state index in [9.17, 15) is 8.42 Å². The van der Waals surface area contributed by atoms with Crippen LogP contribution in [-0.2, 0) is 15.6 Å². The number of hydrogen-bond donors (Lipinski definition) is 2. The molecule has 6 nitrogen and oxygen atoms in total. The molecule has 0 unspecified atom stereocenters. The third-order valence-electron chi connectivity index (χ3n) is 3.43. The first kappa shape index (κ1) is 17.3. The molecule has 0 radical (unpaired) electrons. The molecule has 0 aliphatic heterocycles. The van der Waals surface area contributed by atoms with Gasteiger partial charge in [0.05, 0.1) is 17.0 Å². The lowest BCUT2D eigenvalue weighted by Gasteiger charge is -2.21. The number of aromatic nitrogens is 2. The van der Waals surface area contributed by atoms with E-state index in [0.717, 1.165) is 17.1 Å². The fraction of sp³-hybridized carbons (Fsp3) is 0.438. The van der Waals surface area contributed by atoms with Crippen LogP contribution >= 0.6 is 0 Å². The Hall–Kier alpha value is -2.02. The highest BCUT2D eigenvalue weighted by molar-refractivity contribution is 7.92. The molecular formula is C16H24N4O2S. The van der Waals surface area contributed by atoms with Crippen molar-refractivity contribution in [3.8, 4) is 11.3 Å². The maximum absolute atomic E-state index is 11.6. The van der Waals surface area contributed by atoms with E-state index in [1.165, 1.54) is 0 Å². The van der Waals surface area contributed by atoms with Crippen molar-refractivity contribution in [1.29, 1.82) is 0 Å². The Morgan fingerprint density at radius 2 is 1.78 bits per heavy atom. The van der Waals surface area contributed by atoms with Crippen molar-refractivity contribution < 1.29 is 8.42 Å². The van der Waals surface area contributed by atoms with E-state index in [4.69, 9.17) is 0 Å². The van der Waals surface area contributed by atoms with Crippen LogP contribution in [0.15, 0.2) is 30.3 Å². The number of sulfonamides is 1. The van der Waals surface area contributed by atoms with Crippen molar-refractivity contribution in [2.45, 2.75) is 33.2 Å². The van der Waals surface area contributed by atoms with Gasteiger partial charge in [-0.1, -0.05) is 12.1 Å². The topological polar surface area (TPSA) is 76.0 Å². The van der Waals surface area contributed by atoms with Gasteiger partial charge in [-0.25, -0.2) is 13.1 Å². The summed E-state index contributed by atoms with van der Waals surface area (Å²) in [6.07, 6.45) is 0. The molecule has 0 bridgehead atoms. The van der Waals surface area contributed by atoms with E-state index < -0.39 is 10.0 Å². The molecule has 0 amide bonds. The molecule has 0 spiro atoms. The molecule has 1 heterocycles. The predicted octanol–water partition coefficient (Wildman–Crippen LogP) is 3.11. The van der Waals surface area contributed by atoms with Crippen LogP contribution in [0.2, 0.25) is 0 Å². The first-order valence-electron chi connectivity index (χ1n) is 7.55. The third kappa shape index (κ3) is 4.04. The molecule has 1 aromatic carbocycles. The number of nitrogens with one attached hydrogen (secondary N) is 2. The maximum atomic E-state index is 11.6. The van der Waals surface area contributed by atoms with Gasteiger partial charge in [0.2, 0.25) is 10.0 Å². The molecule has 0 aliphatic rings. The molecule has 7 heteroatoms. The lowest BCUT2D eigenvalue weighted by atomic mass is 10.1. The number of hydrogen-bond acceptors (Lipinski definition) is 4. The summed E-state index contributed by atoms with van der Waals surface area (Å²) in [7, 11) is -1.39. The van der Waals surface area contributed by atoms with Crippen LogP contribution in [0.3, 0.4) is 0 Å². The average molecular weight is 336 g/mol. The lowest BCUT2D eigenvalue weighted by molar-refractivity contribution is 0.361. The van der Waals surface area contributed by atoms with Gasteiger partial charge >= 0.3 is 0 Å². The number of rotatable bonds is 5. The predicted molar refractivity (Wildman–Crippen MR) is 95.3 cm³/mol. The number of anilines is 2.